The van der Waals surface area contributed by atoms with Gasteiger partial charge in [0.25, 0.3) is 0 Å². The van der Waals surface area contributed by atoms with E-state index >= 15 is 0 Å². The Labute approximate surface area is 301 Å². The first-order valence-electron chi connectivity index (χ1n) is 20.1. The number of phosphoric acid groups is 1. The van der Waals surface area contributed by atoms with Crippen molar-refractivity contribution in [2.24, 2.45) is 5.73 Å². The molecule has 0 saturated carbocycles. The van der Waals surface area contributed by atoms with Crippen molar-refractivity contribution in [3.63, 3.8) is 0 Å². The van der Waals surface area contributed by atoms with Gasteiger partial charge in [-0.3, -0.25) is 13.8 Å². The van der Waals surface area contributed by atoms with E-state index in [0.717, 1.165) is 57.8 Å². The van der Waals surface area contributed by atoms with Crippen molar-refractivity contribution in [2.75, 3.05) is 19.8 Å². The van der Waals surface area contributed by atoms with E-state index in [4.69, 9.17) is 14.8 Å². The Hall–Kier alpha value is -1.28. The molecule has 3 unspecified atom stereocenters. The van der Waals surface area contributed by atoms with E-state index in [1.165, 1.54) is 96.3 Å². The summed E-state index contributed by atoms with van der Waals surface area (Å²) in [6.07, 6.45) is 41.7. The highest BCUT2D eigenvalue weighted by Crippen LogP contribution is 2.43. The summed E-state index contributed by atoms with van der Waals surface area (Å²) in [5.74, 6) is -0.174. The van der Waals surface area contributed by atoms with Crippen molar-refractivity contribution < 1.29 is 28.4 Å². The number of hydrogen-bond acceptors (Lipinski definition) is 6. The molecule has 0 aromatic heterocycles. The second kappa shape index (κ2) is 36.5. The third-order valence-electron chi connectivity index (χ3n) is 8.75. The molecule has 49 heavy (non-hydrogen) atoms. The minimum atomic E-state index is -4.30. The van der Waals surface area contributed by atoms with Crippen LogP contribution in [0.15, 0.2) is 36.5 Å². The summed E-state index contributed by atoms with van der Waals surface area (Å²) in [6.45, 7) is 4.13. The molecule has 0 rings (SSSR count). The van der Waals surface area contributed by atoms with E-state index in [0.29, 0.717) is 12.8 Å². The smallest absolute Gasteiger partial charge is 0.391 e. The van der Waals surface area contributed by atoms with E-state index in [1.807, 2.05) is 0 Å². The average Bonchev–Trinajstić information content (AvgIpc) is 3.09. The van der Waals surface area contributed by atoms with E-state index in [2.05, 4.69) is 55.6 Å². The van der Waals surface area contributed by atoms with Gasteiger partial charge in [-0.05, 0) is 51.4 Å². The van der Waals surface area contributed by atoms with Gasteiger partial charge in [-0.2, -0.15) is 0 Å². The maximum atomic E-state index is 12.7. The van der Waals surface area contributed by atoms with Crippen molar-refractivity contribution in [3.05, 3.63) is 36.5 Å². The molecular weight excluding hydrogens is 635 g/mol. The first-order valence-corrected chi connectivity index (χ1v) is 21.6. The number of unbranched alkanes of at least 4 members (excludes halogenated alkanes) is 19. The average molecular weight is 713 g/mol. The Balaban J connectivity index is 4.04. The Bertz CT molecular complexity index is 866. The van der Waals surface area contributed by atoms with Crippen LogP contribution in [0.1, 0.15) is 181 Å². The van der Waals surface area contributed by atoms with Gasteiger partial charge in [0.15, 0.2) is 0 Å². The number of nitrogens with two attached hydrogens (primary N) is 1. The van der Waals surface area contributed by atoms with E-state index in [1.54, 1.807) is 0 Å². The number of rotatable bonds is 37. The fourth-order valence-electron chi connectivity index (χ4n) is 5.67. The number of phosphoric ester groups is 1. The van der Waals surface area contributed by atoms with Crippen LogP contribution in [0.25, 0.3) is 0 Å². The molecule has 3 atom stereocenters. The van der Waals surface area contributed by atoms with Crippen LogP contribution in [0, 0.1) is 0 Å². The van der Waals surface area contributed by atoms with Crippen LogP contribution in [-0.4, -0.2) is 47.8 Å². The third-order valence-corrected chi connectivity index (χ3v) is 9.73. The minimum absolute atomic E-state index is 0.0862. The number of aliphatic hydroxyl groups is 1. The predicted octanol–water partition coefficient (Wildman–Crippen LogP) is 10.8. The summed E-state index contributed by atoms with van der Waals surface area (Å²) in [5, 5.41) is 13.6. The number of allylic oxidation sites excluding steroid dienone is 6. The van der Waals surface area contributed by atoms with Gasteiger partial charge in [-0.15, -0.1) is 0 Å². The van der Waals surface area contributed by atoms with Crippen molar-refractivity contribution >= 4 is 13.7 Å². The molecule has 9 heteroatoms. The van der Waals surface area contributed by atoms with Crippen molar-refractivity contribution in [1.29, 1.82) is 0 Å². The minimum Gasteiger partial charge on any atom is -0.391 e. The normalized spacial score (nSPS) is 14.6. The molecule has 0 fully saturated rings. The largest absolute Gasteiger partial charge is 0.472 e. The summed E-state index contributed by atoms with van der Waals surface area (Å²) in [5.41, 5.74) is 5.35. The third kappa shape index (κ3) is 34.9. The maximum Gasteiger partial charge on any atom is 0.472 e. The van der Waals surface area contributed by atoms with Gasteiger partial charge in [0.2, 0.25) is 5.91 Å². The van der Waals surface area contributed by atoms with Gasteiger partial charge in [0.05, 0.1) is 25.4 Å². The van der Waals surface area contributed by atoms with Gasteiger partial charge in [-0.25, -0.2) is 4.57 Å². The molecule has 0 aliphatic carbocycles. The zero-order chi connectivity index (χ0) is 36.1. The number of carbonyl (C=O) groups is 1. The summed E-state index contributed by atoms with van der Waals surface area (Å²) >= 11 is 0. The molecule has 0 aromatic rings. The standard InChI is InChI=1S/C40H77N2O6P/c1-3-5-7-9-11-12-13-14-15-16-17-18-19-20-21-22-23-24-25-26-28-30-32-34-40(44)42-38(37-48-49(45,46)47-36-35-41)39(43)33-31-29-27-10-8-6-4-2/h13-14,16-17,19-20,38-39,43H,3-12,15,18,21-37,41H2,1-2H3,(H,42,44)(H,45,46)/b14-13-,17-16-,20-19-. The van der Waals surface area contributed by atoms with Crippen LogP contribution >= 0.6 is 7.82 Å². The van der Waals surface area contributed by atoms with Crippen LogP contribution in [-0.2, 0) is 18.4 Å². The summed E-state index contributed by atoms with van der Waals surface area (Å²) in [7, 11) is -4.30. The highest BCUT2D eigenvalue weighted by atomic mass is 31.2. The molecule has 0 radical (unpaired) electrons. The highest BCUT2D eigenvalue weighted by Gasteiger charge is 2.27. The Morgan fingerprint density at radius 2 is 1.12 bits per heavy atom. The molecular formula is C40H77N2O6P. The molecule has 0 aliphatic rings. The molecule has 8 nitrogen and oxygen atoms in total. The topological polar surface area (TPSA) is 131 Å². The van der Waals surface area contributed by atoms with E-state index < -0.39 is 20.0 Å². The van der Waals surface area contributed by atoms with Crippen molar-refractivity contribution in [1.82, 2.24) is 5.32 Å². The lowest BCUT2D eigenvalue weighted by molar-refractivity contribution is -0.123. The lowest BCUT2D eigenvalue weighted by atomic mass is 10.0. The fraction of sp³-hybridized carbons (Fsp3) is 0.825. The summed E-state index contributed by atoms with van der Waals surface area (Å²) < 4.78 is 22.0. The number of aliphatic hydroxyl groups excluding tert-OH is 1. The van der Waals surface area contributed by atoms with Gasteiger partial charge in [-0.1, -0.05) is 159 Å². The second-order valence-electron chi connectivity index (χ2n) is 13.5. The molecule has 1 amide bonds. The quantitative estimate of drug-likeness (QED) is 0.0286. The fourth-order valence-corrected chi connectivity index (χ4v) is 6.43. The molecule has 0 saturated heterocycles. The van der Waals surface area contributed by atoms with Crippen molar-refractivity contribution in [3.8, 4) is 0 Å². The van der Waals surface area contributed by atoms with Crippen molar-refractivity contribution in [2.45, 2.75) is 193 Å². The van der Waals surface area contributed by atoms with Gasteiger partial charge in [0, 0.05) is 13.0 Å². The monoisotopic (exact) mass is 713 g/mol. The zero-order valence-electron chi connectivity index (χ0n) is 31.7. The van der Waals surface area contributed by atoms with E-state index in [9.17, 15) is 19.4 Å². The molecule has 0 bridgehead atoms. The predicted molar refractivity (Wildman–Crippen MR) is 208 cm³/mol. The SMILES string of the molecule is CCCCCCC/C=C\C/C=C\C/C=C\CCCCCCCCCCC(=O)NC(COP(=O)(O)OCCN)C(O)CCCCCCCCC. The second-order valence-corrected chi connectivity index (χ2v) is 14.9. The van der Waals surface area contributed by atoms with E-state index in [-0.39, 0.29) is 25.7 Å². The van der Waals surface area contributed by atoms with Crippen LogP contribution in [0.5, 0.6) is 0 Å². The molecule has 0 spiro atoms. The Morgan fingerprint density at radius 3 is 1.63 bits per heavy atom. The number of carbonyl (C=O) groups excluding carboxylic acids is 1. The molecule has 0 heterocycles. The Kier molecular flexibility index (Phi) is 35.6. The highest BCUT2D eigenvalue weighted by molar-refractivity contribution is 7.47. The summed E-state index contributed by atoms with van der Waals surface area (Å²) in [4.78, 5) is 22.6. The molecule has 5 N–H and O–H groups in total. The van der Waals surface area contributed by atoms with Crippen LogP contribution in [0.3, 0.4) is 0 Å². The van der Waals surface area contributed by atoms with Crippen LogP contribution in [0.2, 0.25) is 0 Å². The lowest BCUT2D eigenvalue weighted by Gasteiger charge is -2.25. The first kappa shape index (κ1) is 47.7. The lowest BCUT2D eigenvalue weighted by Crippen LogP contribution is -2.46. The zero-order valence-corrected chi connectivity index (χ0v) is 32.6. The van der Waals surface area contributed by atoms with Crippen LogP contribution < -0.4 is 11.1 Å². The Morgan fingerprint density at radius 1 is 0.673 bits per heavy atom. The first-order chi connectivity index (χ1) is 23.9. The maximum absolute atomic E-state index is 12.7. The van der Waals surface area contributed by atoms with Gasteiger partial charge in [0.1, 0.15) is 0 Å². The molecule has 288 valence electrons. The number of amides is 1. The number of nitrogens with one attached hydrogen (secondary N) is 1. The number of hydrogen-bond donors (Lipinski definition) is 4. The van der Waals surface area contributed by atoms with Gasteiger partial charge >= 0.3 is 7.82 Å². The van der Waals surface area contributed by atoms with Gasteiger partial charge < -0.3 is 21.1 Å². The molecule has 0 aromatic carbocycles. The summed E-state index contributed by atoms with van der Waals surface area (Å²) in [6, 6.07) is -0.775. The molecule has 0 aliphatic heterocycles. The van der Waals surface area contributed by atoms with Crippen LogP contribution in [0.4, 0.5) is 0 Å².